The summed E-state index contributed by atoms with van der Waals surface area (Å²) in [5.41, 5.74) is 9.76. The van der Waals surface area contributed by atoms with Gasteiger partial charge in [-0.15, -0.1) is 0 Å². The second-order valence-electron chi connectivity index (χ2n) is 5.73. The van der Waals surface area contributed by atoms with Crippen molar-refractivity contribution >= 4 is 0 Å². The van der Waals surface area contributed by atoms with Gasteiger partial charge in [0.25, 0.3) is 0 Å². The summed E-state index contributed by atoms with van der Waals surface area (Å²) in [7, 11) is 0. The van der Waals surface area contributed by atoms with Crippen LogP contribution in [0, 0.1) is 5.82 Å². The minimum Gasteiger partial charge on any atom is -0.324 e. The number of nitrogens with zero attached hydrogens (tertiary/aromatic N) is 2. The topological polar surface area (TPSA) is 43.8 Å². The highest BCUT2D eigenvalue weighted by Gasteiger charge is 2.28. The van der Waals surface area contributed by atoms with E-state index in [0.29, 0.717) is 5.56 Å². The zero-order valence-electron chi connectivity index (χ0n) is 11.9. The average Bonchev–Trinajstić information content (AvgIpc) is 2.80. The van der Waals surface area contributed by atoms with Crippen LogP contribution in [0.25, 0.3) is 11.3 Å². The summed E-state index contributed by atoms with van der Waals surface area (Å²) in [4.78, 5) is 0. The van der Waals surface area contributed by atoms with Gasteiger partial charge in [-0.25, -0.2) is 4.39 Å². The van der Waals surface area contributed by atoms with E-state index in [1.54, 1.807) is 12.1 Å². The first kappa shape index (κ1) is 13.3. The number of halogens is 1. The van der Waals surface area contributed by atoms with Crippen LogP contribution in [0.5, 0.6) is 0 Å². The molecule has 0 spiro atoms. The van der Waals surface area contributed by atoms with Crippen molar-refractivity contribution in [3.63, 3.8) is 0 Å². The Labute approximate surface area is 118 Å². The minimum absolute atomic E-state index is 0.0409. The third-order valence-electron chi connectivity index (χ3n) is 3.97. The molecule has 0 fully saturated rings. The highest BCUT2D eigenvalue weighted by molar-refractivity contribution is 5.66. The van der Waals surface area contributed by atoms with Gasteiger partial charge >= 0.3 is 0 Å². The van der Waals surface area contributed by atoms with Gasteiger partial charge in [0, 0.05) is 28.9 Å². The van der Waals surface area contributed by atoms with Crippen molar-refractivity contribution < 1.29 is 4.39 Å². The van der Waals surface area contributed by atoms with Gasteiger partial charge in [0.05, 0.1) is 0 Å². The molecule has 0 amide bonds. The maximum absolute atomic E-state index is 14.1. The van der Waals surface area contributed by atoms with Gasteiger partial charge in [-0.3, -0.25) is 4.68 Å². The lowest BCUT2D eigenvalue weighted by molar-refractivity contribution is 0.480. The fourth-order valence-corrected chi connectivity index (χ4v) is 3.03. The Morgan fingerprint density at radius 3 is 2.80 bits per heavy atom. The van der Waals surface area contributed by atoms with E-state index in [1.807, 2.05) is 10.7 Å². The molecule has 1 heterocycles. The third-order valence-corrected chi connectivity index (χ3v) is 3.97. The first-order valence-corrected chi connectivity index (χ1v) is 7.21. The van der Waals surface area contributed by atoms with Crippen LogP contribution in [0.3, 0.4) is 0 Å². The molecular formula is C16H20FN3. The second kappa shape index (κ2) is 5.02. The van der Waals surface area contributed by atoms with Crippen molar-refractivity contribution in [2.24, 2.45) is 5.73 Å². The van der Waals surface area contributed by atoms with Crippen molar-refractivity contribution in [2.75, 3.05) is 0 Å². The summed E-state index contributed by atoms with van der Waals surface area (Å²) in [5.74, 6) is -0.235. The number of fused-ring (bicyclic) bond motifs is 1. The number of nitrogens with two attached hydrogens (primary N) is 1. The molecule has 3 nitrogen and oxygen atoms in total. The van der Waals surface area contributed by atoms with Crippen molar-refractivity contribution in [1.29, 1.82) is 0 Å². The van der Waals surface area contributed by atoms with Crippen molar-refractivity contribution in [2.45, 2.75) is 45.2 Å². The summed E-state index contributed by atoms with van der Waals surface area (Å²) >= 11 is 0. The van der Waals surface area contributed by atoms with Crippen molar-refractivity contribution in [3.8, 4) is 11.3 Å². The molecule has 20 heavy (non-hydrogen) atoms. The van der Waals surface area contributed by atoms with Crippen LogP contribution in [-0.4, -0.2) is 9.78 Å². The van der Waals surface area contributed by atoms with Gasteiger partial charge in [0.2, 0.25) is 0 Å². The van der Waals surface area contributed by atoms with E-state index >= 15 is 0 Å². The highest BCUT2D eigenvalue weighted by atomic mass is 19.1. The largest absolute Gasteiger partial charge is 0.324 e. The first-order chi connectivity index (χ1) is 9.59. The van der Waals surface area contributed by atoms with Crippen LogP contribution < -0.4 is 5.73 Å². The number of rotatable bonds is 2. The second-order valence-corrected chi connectivity index (χ2v) is 5.73. The molecule has 0 saturated carbocycles. The van der Waals surface area contributed by atoms with E-state index in [4.69, 9.17) is 5.73 Å². The van der Waals surface area contributed by atoms with Crippen LogP contribution in [0.2, 0.25) is 0 Å². The van der Waals surface area contributed by atoms with E-state index < -0.39 is 0 Å². The predicted octanol–water partition coefficient (Wildman–Crippen LogP) is 3.61. The lowest BCUT2D eigenvalue weighted by Crippen LogP contribution is -2.19. The summed E-state index contributed by atoms with van der Waals surface area (Å²) in [6.45, 7) is 4.19. The Morgan fingerprint density at radius 2 is 2.10 bits per heavy atom. The lowest BCUT2D eigenvalue weighted by Gasteiger charge is -2.21. The van der Waals surface area contributed by atoms with E-state index in [-0.39, 0.29) is 17.9 Å². The highest BCUT2D eigenvalue weighted by Crippen LogP contribution is 2.37. The number of hydrogen-bond donors (Lipinski definition) is 1. The fourth-order valence-electron chi connectivity index (χ4n) is 3.03. The molecule has 1 aliphatic carbocycles. The molecule has 3 rings (SSSR count). The number of benzene rings is 1. The molecule has 1 atom stereocenters. The number of hydrogen-bond acceptors (Lipinski definition) is 2. The maximum Gasteiger partial charge on any atom is 0.132 e. The smallest absolute Gasteiger partial charge is 0.132 e. The van der Waals surface area contributed by atoms with Gasteiger partial charge in [-0.2, -0.15) is 5.10 Å². The summed E-state index contributed by atoms with van der Waals surface area (Å²) in [6.07, 6.45) is 2.99. The zero-order chi connectivity index (χ0) is 14.3. The normalized spacial score (nSPS) is 18.4. The van der Waals surface area contributed by atoms with Crippen LogP contribution >= 0.6 is 0 Å². The molecule has 106 valence electrons. The number of aromatic nitrogens is 2. The SMILES string of the molecule is CC(C)n1nc(-c2ccccc2F)c2c1CCCC2N. The summed E-state index contributed by atoms with van der Waals surface area (Å²) in [5, 5.41) is 4.67. The molecule has 1 aromatic heterocycles. The fraction of sp³-hybridized carbons (Fsp3) is 0.438. The molecule has 2 aromatic rings. The standard InChI is InChI=1S/C16H20FN3/c1-10(2)20-14-9-5-8-13(18)15(14)16(19-20)11-6-3-4-7-12(11)17/h3-4,6-7,10,13H,5,8-9,18H2,1-2H3. The Hall–Kier alpha value is -1.68. The molecule has 0 bridgehead atoms. The van der Waals surface area contributed by atoms with Crippen LogP contribution in [0.1, 0.15) is 50.0 Å². The summed E-state index contributed by atoms with van der Waals surface area (Å²) in [6, 6.07) is 7.02. The summed E-state index contributed by atoms with van der Waals surface area (Å²) < 4.78 is 16.1. The molecular weight excluding hydrogens is 253 g/mol. The third kappa shape index (κ3) is 2.04. The molecule has 4 heteroatoms. The monoisotopic (exact) mass is 273 g/mol. The lowest BCUT2D eigenvalue weighted by atomic mass is 9.89. The predicted molar refractivity (Wildman–Crippen MR) is 77.9 cm³/mol. The molecule has 2 N–H and O–H groups in total. The van der Waals surface area contributed by atoms with E-state index in [1.165, 1.54) is 11.8 Å². The van der Waals surface area contributed by atoms with Crippen molar-refractivity contribution in [3.05, 3.63) is 41.3 Å². The minimum atomic E-state index is -0.235. The van der Waals surface area contributed by atoms with E-state index in [0.717, 1.165) is 30.5 Å². The van der Waals surface area contributed by atoms with E-state index in [2.05, 4.69) is 18.9 Å². The molecule has 1 unspecified atom stereocenters. The van der Waals surface area contributed by atoms with Crippen LogP contribution in [-0.2, 0) is 6.42 Å². The van der Waals surface area contributed by atoms with Gasteiger partial charge < -0.3 is 5.73 Å². The average molecular weight is 273 g/mol. The Kier molecular flexibility index (Phi) is 3.34. The first-order valence-electron chi connectivity index (χ1n) is 7.21. The maximum atomic E-state index is 14.1. The van der Waals surface area contributed by atoms with Gasteiger partial charge in [0.1, 0.15) is 11.5 Å². The van der Waals surface area contributed by atoms with E-state index in [9.17, 15) is 4.39 Å². The Bertz CT molecular complexity index is 631. The quantitative estimate of drug-likeness (QED) is 0.908. The molecule has 1 aromatic carbocycles. The Morgan fingerprint density at radius 1 is 1.35 bits per heavy atom. The molecule has 0 aliphatic heterocycles. The zero-order valence-corrected chi connectivity index (χ0v) is 11.9. The molecule has 0 saturated heterocycles. The van der Waals surface area contributed by atoms with Gasteiger partial charge in [-0.05, 0) is 45.2 Å². The molecule has 1 aliphatic rings. The van der Waals surface area contributed by atoms with Crippen LogP contribution in [0.4, 0.5) is 4.39 Å². The van der Waals surface area contributed by atoms with Gasteiger partial charge in [-0.1, -0.05) is 12.1 Å². The Balaban J connectivity index is 2.24. The van der Waals surface area contributed by atoms with Gasteiger partial charge in [0.15, 0.2) is 0 Å². The molecule has 0 radical (unpaired) electrons. The van der Waals surface area contributed by atoms with Crippen LogP contribution in [0.15, 0.2) is 24.3 Å². The van der Waals surface area contributed by atoms with Crippen molar-refractivity contribution in [1.82, 2.24) is 9.78 Å².